The van der Waals surface area contributed by atoms with Crippen molar-refractivity contribution in [3.8, 4) is 11.6 Å². The number of rotatable bonds is 4. The van der Waals surface area contributed by atoms with E-state index in [9.17, 15) is 8.42 Å². The van der Waals surface area contributed by atoms with Gasteiger partial charge in [-0.2, -0.15) is 4.31 Å². The number of halogens is 3. The molecule has 0 saturated carbocycles. The third-order valence-corrected chi connectivity index (χ3v) is 6.41. The zero-order valence-electron chi connectivity index (χ0n) is 12.8. The van der Waals surface area contributed by atoms with Gasteiger partial charge in [0.05, 0.1) is 34.5 Å². The van der Waals surface area contributed by atoms with Crippen molar-refractivity contribution in [1.29, 1.82) is 0 Å². The molecular formula is C15H13Cl3N2O4S. The van der Waals surface area contributed by atoms with Crippen LogP contribution in [0, 0.1) is 0 Å². The fraction of sp³-hybridized carbons (Fsp3) is 0.267. The maximum atomic E-state index is 12.5. The van der Waals surface area contributed by atoms with E-state index in [0.29, 0.717) is 31.3 Å². The van der Waals surface area contributed by atoms with Crippen molar-refractivity contribution in [3.05, 3.63) is 45.5 Å². The molecule has 0 unspecified atom stereocenters. The molecule has 1 aliphatic heterocycles. The highest BCUT2D eigenvalue weighted by molar-refractivity contribution is 7.89. The number of morpholine rings is 1. The first-order valence-electron chi connectivity index (χ1n) is 7.24. The Labute approximate surface area is 160 Å². The van der Waals surface area contributed by atoms with Gasteiger partial charge >= 0.3 is 0 Å². The molecule has 1 fully saturated rings. The van der Waals surface area contributed by atoms with Gasteiger partial charge in [0.2, 0.25) is 15.9 Å². The molecule has 1 aromatic carbocycles. The van der Waals surface area contributed by atoms with Crippen LogP contribution in [0.5, 0.6) is 11.6 Å². The zero-order valence-corrected chi connectivity index (χ0v) is 15.9. The van der Waals surface area contributed by atoms with Gasteiger partial charge in [-0.25, -0.2) is 13.4 Å². The predicted octanol–water partition coefficient (Wildman–Crippen LogP) is 3.86. The summed E-state index contributed by atoms with van der Waals surface area (Å²) >= 11 is 17.8. The van der Waals surface area contributed by atoms with E-state index in [0.717, 1.165) is 0 Å². The largest absolute Gasteiger partial charge is 0.437 e. The normalized spacial score (nSPS) is 16.0. The molecule has 3 rings (SSSR count). The molecule has 10 heteroatoms. The SMILES string of the molecule is O=S(=O)(c1ccc(Oc2cc(Cl)c(Cl)cc2Cl)nc1)N1CCOCC1. The number of ether oxygens (including phenoxy) is 2. The molecule has 0 amide bonds. The lowest BCUT2D eigenvalue weighted by molar-refractivity contribution is 0.0730. The summed E-state index contributed by atoms with van der Waals surface area (Å²) in [6, 6.07) is 5.80. The van der Waals surface area contributed by atoms with Gasteiger partial charge in [-0.05, 0) is 12.1 Å². The summed E-state index contributed by atoms with van der Waals surface area (Å²) in [5, 5.41) is 0.854. The Bertz CT molecular complexity index is 869. The van der Waals surface area contributed by atoms with Crippen LogP contribution in [0.2, 0.25) is 15.1 Å². The Balaban J connectivity index is 1.79. The van der Waals surface area contributed by atoms with Crippen LogP contribution >= 0.6 is 34.8 Å². The minimum absolute atomic E-state index is 0.0852. The molecule has 25 heavy (non-hydrogen) atoms. The van der Waals surface area contributed by atoms with E-state index in [2.05, 4.69) is 4.98 Å². The summed E-state index contributed by atoms with van der Waals surface area (Å²) in [7, 11) is -3.60. The van der Waals surface area contributed by atoms with Gasteiger partial charge < -0.3 is 9.47 Å². The molecule has 0 radical (unpaired) electrons. The molecule has 0 spiro atoms. The summed E-state index contributed by atoms with van der Waals surface area (Å²) in [6.45, 7) is 1.40. The third kappa shape index (κ3) is 4.19. The number of aromatic nitrogens is 1. The molecule has 1 saturated heterocycles. The average Bonchev–Trinajstić information content (AvgIpc) is 2.61. The van der Waals surface area contributed by atoms with Crippen LogP contribution < -0.4 is 4.74 Å². The van der Waals surface area contributed by atoms with Gasteiger partial charge in [0.1, 0.15) is 10.6 Å². The predicted molar refractivity (Wildman–Crippen MR) is 95.4 cm³/mol. The van der Waals surface area contributed by atoms with Crippen molar-refractivity contribution < 1.29 is 17.9 Å². The fourth-order valence-corrected chi connectivity index (χ4v) is 4.14. The first-order chi connectivity index (χ1) is 11.9. The molecule has 0 atom stereocenters. The van der Waals surface area contributed by atoms with Crippen LogP contribution in [-0.2, 0) is 14.8 Å². The van der Waals surface area contributed by atoms with E-state index in [1.165, 1.54) is 34.8 Å². The van der Waals surface area contributed by atoms with Crippen molar-refractivity contribution in [3.63, 3.8) is 0 Å². The maximum Gasteiger partial charge on any atom is 0.244 e. The second-order valence-corrected chi connectivity index (χ2v) is 8.31. The molecule has 0 aliphatic carbocycles. The van der Waals surface area contributed by atoms with E-state index in [4.69, 9.17) is 44.3 Å². The van der Waals surface area contributed by atoms with Crippen LogP contribution in [0.15, 0.2) is 35.4 Å². The topological polar surface area (TPSA) is 68.7 Å². The van der Waals surface area contributed by atoms with Gasteiger partial charge in [-0.1, -0.05) is 34.8 Å². The van der Waals surface area contributed by atoms with Crippen LogP contribution in [0.25, 0.3) is 0 Å². The van der Waals surface area contributed by atoms with E-state index in [1.54, 1.807) is 0 Å². The van der Waals surface area contributed by atoms with Crippen LogP contribution in [0.4, 0.5) is 0 Å². The second kappa shape index (κ2) is 7.65. The van der Waals surface area contributed by atoms with Gasteiger partial charge in [-0.15, -0.1) is 0 Å². The number of benzene rings is 1. The smallest absolute Gasteiger partial charge is 0.244 e. The Morgan fingerprint density at radius 1 is 1.04 bits per heavy atom. The first kappa shape index (κ1) is 18.7. The standard InChI is InChI=1S/C15H13Cl3N2O4S/c16-11-7-13(18)14(8-12(11)17)24-15-2-1-10(9-19-15)25(21,22)20-3-5-23-6-4-20/h1-2,7-9H,3-6H2. The molecule has 2 aromatic rings. The monoisotopic (exact) mass is 422 g/mol. The number of hydrogen-bond donors (Lipinski definition) is 0. The van der Waals surface area contributed by atoms with Gasteiger partial charge in [-0.3, -0.25) is 0 Å². The molecular weight excluding hydrogens is 411 g/mol. The van der Waals surface area contributed by atoms with Gasteiger partial charge in [0, 0.05) is 25.2 Å². The summed E-state index contributed by atoms with van der Waals surface area (Å²) in [4.78, 5) is 4.12. The summed E-state index contributed by atoms with van der Waals surface area (Å²) in [5.41, 5.74) is 0. The number of nitrogens with zero attached hydrogens (tertiary/aromatic N) is 2. The van der Waals surface area contributed by atoms with Crippen molar-refractivity contribution in [2.75, 3.05) is 26.3 Å². The fourth-order valence-electron chi connectivity index (χ4n) is 2.21. The lowest BCUT2D eigenvalue weighted by Crippen LogP contribution is -2.40. The van der Waals surface area contributed by atoms with Crippen molar-refractivity contribution in [1.82, 2.24) is 9.29 Å². The van der Waals surface area contributed by atoms with Crippen molar-refractivity contribution in [2.24, 2.45) is 0 Å². The quantitative estimate of drug-likeness (QED) is 0.699. The van der Waals surface area contributed by atoms with E-state index < -0.39 is 10.0 Å². The highest BCUT2D eigenvalue weighted by Gasteiger charge is 2.26. The zero-order chi connectivity index (χ0) is 18.0. The average molecular weight is 424 g/mol. The molecule has 6 nitrogen and oxygen atoms in total. The molecule has 0 N–H and O–H groups in total. The van der Waals surface area contributed by atoms with E-state index >= 15 is 0 Å². The Hall–Kier alpha value is -1.09. The molecule has 2 heterocycles. The highest BCUT2D eigenvalue weighted by atomic mass is 35.5. The minimum Gasteiger partial charge on any atom is -0.437 e. The van der Waals surface area contributed by atoms with Crippen molar-refractivity contribution in [2.45, 2.75) is 4.90 Å². The van der Waals surface area contributed by atoms with Gasteiger partial charge in [0.15, 0.2) is 0 Å². The van der Waals surface area contributed by atoms with Gasteiger partial charge in [0.25, 0.3) is 0 Å². The summed E-state index contributed by atoms with van der Waals surface area (Å²) in [5.74, 6) is 0.452. The van der Waals surface area contributed by atoms with E-state index in [1.807, 2.05) is 0 Å². The minimum atomic E-state index is -3.60. The second-order valence-electron chi connectivity index (χ2n) is 5.15. The summed E-state index contributed by atoms with van der Waals surface area (Å²) < 4.78 is 37.1. The van der Waals surface area contributed by atoms with Crippen LogP contribution in [0.1, 0.15) is 0 Å². The lowest BCUT2D eigenvalue weighted by Gasteiger charge is -2.25. The van der Waals surface area contributed by atoms with Crippen LogP contribution in [0.3, 0.4) is 0 Å². The molecule has 0 bridgehead atoms. The third-order valence-electron chi connectivity index (χ3n) is 3.51. The Morgan fingerprint density at radius 2 is 1.72 bits per heavy atom. The Kier molecular flexibility index (Phi) is 5.72. The van der Waals surface area contributed by atoms with Crippen LogP contribution in [-0.4, -0.2) is 44.0 Å². The number of sulfonamides is 1. The maximum absolute atomic E-state index is 12.5. The summed E-state index contributed by atoms with van der Waals surface area (Å²) in [6.07, 6.45) is 1.24. The van der Waals surface area contributed by atoms with E-state index in [-0.39, 0.29) is 26.6 Å². The lowest BCUT2D eigenvalue weighted by atomic mass is 10.3. The Morgan fingerprint density at radius 3 is 2.36 bits per heavy atom. The number of pyridine rings is 1. The number of hydrogen-bond acceptors (Lipinski definition) is 5. The highest BCUT2D eigenvalue weighted by Crippen LogP contribution is 2.36. The molecule has 1 aromatic heterocycles. The molecule has 134 valence electrons. The van der Waals surface area contributed by atoms with Crippen molar-refractivity contribution >= 4 is 44.8 Å². The molecule has 1 aliphatic rings. The first-order valence-corrected chi connectivity index (χ1v) is 9.81.